The Hall–Kier alpha value is -1.10. The lowest BCUT2D eigenvalue weighted by atomic mass is 9.86. The molecule has 2 N–H and O–H groups in total. The summed E-state index contributed by atoms with van der Waals surface area (Å²) in [6.45, 7) is 12.9. The molecule has 0 aromatic heterocycles. The molecule has 2 aliphatic rings. The molecule has 0 aromatic carbocycles. The SMILES string of the molecule is CC(C)(C)C(N)C(=O)N1CC2C(C1)C2(C)C.COC=O. The molecule has 1 aliphatic carbocycles. The van der Waals surface area contributed by atoms with Crippen LogP contribution in [0.25, 0.3) is 0 Å². The van der Waals surface area contributed by atoms with E-state index in [9.17, 15) is 4.79 Å². The van der Waals surface area contributed by atoms with Crippen molar-refractivity contribution in [3.63, 3.8) is 0 Å². The fraction of sp³-hybridized carbons (Fsp3) is 0.867. The minimum atomic E-state index is -0.367. The summed E-state index contributed by atoms with van der Waals surface area (Å²) in [4.78, 5) is 23.1. The number of nitrogens with zero attached hydrogens (tertiary/aromatic N) is 1. The normalized spacial score (nSPS) is 27.9. The maximum absolute atomic E-state index is 12.2. The molecule has 5 nitrogen and oxygen atoms in total. The minimum Gasteiger partial charge on any atom is -0.471 e. The summed E-state index contributed by atoms with van der Waals surface area (Å²) in [5.74, 6) is 1.56. The molecule has 3 unspecified atom stereocenters. The molecule has 0 spiro atoms. The van der Waals surface area contributed by atoms with Gasteiger partial charge >= 0.3 is 0 Å². The zero-order valence-electron chi connectivity index (χ0n) is 13.5. The number of ether oxygens (including phenoxy) is 1. The Morgan fingerprint density at radius 3 is 2.05 bits per heavy atom. The number of hydrogen-bond acceptors (Lipinski definition) is 4. The number of rotatable bonds is 2. The fourth-order valence-electron chi connectivity index (χ4n) is 2.88. The van der Waals surface area contributed by atoms with Gasteiger partial charge in [0.05, 0.1) is 13.2 Å². The van der Waals surface area contributed by atoms with E-state index in [2.05, 4.69) is 18.6 Å². The standard InChI is InChI=1S/C13H24N2O.C2H4O2/c1-12(2,3)10(14)11(16)15-6-8-9(7-15)13(8,4)5;1-4-2-3/h8-10H,6-7,14H2,1-5H3;2H,1H3. The molecular weight excluding hydrogens is 256 g/mol. The van der Waals surface area contributed by atoms with Crippen LogP contribution in [0, 0.1) is 22.7 Å². The Labute approximate surface area is 121 Å². The Kier molecular flexibility index (Phi) is 4.85. The van der Waals surface area contributed by atoms with Gasteiger partial charge in [0.25, 0.3) is 6.47 Å². The van der Waals surface area contributed by atoms with Gasteiger partial charge in [0.1, 0.15) is 0 Å². The molecule has 0 aromatic rings. The number of piperidine rings is 1. The third-order valence-electron chi connectivity index (χ3n) is 4.73. The Morgan fingerprint density at radius 2 is 1.75 bits per heavy atom. The smallest absolute Gasteiger partial charge is 0.292 e. The number of fused-ring (bicyclic) bond motifs is 1. The monoisotopic (exact) mass is 284 g/mol. The van der Waals surface area contributed by atoms with E-state index in [1.807, 2.05) is 25.7 Å². The lowest BCUT2D eigenvalue weighted by Gasteiger charge is -2.31. The first kappa shape index (κ1) is 17.0. The second kappa shape index (κ2) is 5.72. The molecule has 1 heterocycles. The second-order valence-electron chi connectivity index (χ2n) is 7.45. The zero-order valence-corrected chi connectivity index (χ0v) is 13.5. The van der Waals surface area contributed by atoms with Gasteiger partial charge in [0.15, 0.2) is 0 Å². The molecule has 3 atom stereocenters. The topological polar surface area (TPSA) is 72.6 Å². The van der Waals surface area contributed by atoms with Gasteiger partial charge in [-0.3, -0.25) is 9.59 Å². The van der Waals surface area contributed by atoms with Crippen LogP contribution < -0.4 is 5.73 Å². The van der Waals surface area contributed by atoms with Crippen molar-refractivity contribution in [1.29, 1.82) is 0 Å². The second-order valence-corrected chi connectivity index (χ2v) is 7.45. The maximum Gasteiger partial charge on any atom is 0.292 e. The molecule has 20 heavy (non-hydrogen) atoms. The molecule has 5 heteroatoms. The van der Waals surface area contributed by atoms with Crippen molar-refractivity contribution in [3.8, 4) is 0 Å². The lowest BCUT2D eigenvalue weighted by molar-refractivity contribution is -0.134. The number of methoxy groups -OCH3 is 1. The largest absolute Gasteiger partial charge is 0.471 e. The summed E-state index contributed by atoms with van der Waals surface area (Å²) in [6.07, 6.45) is 0. The van der Waals surface area contributed by atoms with Gasteiger partial charge in [-0.1, -0.05) is 34.6 Å². The first-order chi connectivity index (χ1) is 9.07. The molecule has 1 aliphatic heterocycles. The summed E-state index contributed by atoms with van der Waals surface area (Å²) in [5, 5.41) is 0. The van der Waals surface area contributed by atoms with E-state index in [4.69, 9.17) is 10.5 Å². The summed E-state index contributed by atoms with van der Waals surface area (Å²) >= 11 is 0. The van der Waals surface area contributed by atoms with E-state index in [-0.39, 0.29) is 17.4 Å². The molecular formula is C15H28N2O3. The number of likely N-dealkylation sites (tertiary alicyclic amines) is 1. The van der Waals surface area contributed by atoms with Gasteiger partial charge in [-0.15, -0.1) is 0 Å². The van der Waals surface area contributed by atoms with Crippen molar-refractivity contribution >= 4 is 12.4 Å². The number of hydrogen-bond donors (Lipinski definition) is 1. The maximum atomic E-state index is 12.2. The van der Waals surface area contributed by atoms with Crippen LogP contribution in [0.5, 0.6) is 0 Å². The summed E-state index contributed by atoms with van der Waals surface area (Å²) in [5.41, 5.74) is 6.33. The summed E-state index contributed by atoms with van der Waals surface area (Å²) < 4.78 is 3.86. The Bertz CT molecular complexity index is 360. The van der Waals surface area contributed by atoms with E-state index in [1.165, 1.54) is 7.11 Å². The number of nitrogens with two attached hydrogens (primary N) is 1. The predicted octanol–water partition coefficient (Wildman–Crippen LogP) is 1.26. The quantitative estimate of drug-likeness (QED) is 0.775. The van der Waals surface area contributed by atoms with Gasteiger partial charge in [0.2, 0.25) is 5.91 Å². The van der Waals surface area contributed by atoms with Crippen LogP contribution in [0.15, 0.2) is 0 Å². The van der Waals surface area contributed by atoms with Gasteiger partial charge < -0.3 is 15.4 Å². The van der Waals surface area contributed by atoms with E-state index >= 15 is 0 Å². The van der Waals surface area contributed by atoms with E-state index in [0.717, 1.165) is 13.1 Å². The van der Waals surface area contributed by atoms with Crippen molar-refractivity contribution in [2.75, 3.05) is 20.2 Å². The number of carbonyl (C=O) groups excluding carboxylic acids is 2. The van der Waals surface area contributed by atoms with Crippen LogP contribution >= 0.6 is 0 Å². The van der Waals surface area contributed by atoms with Crippen LogP contribution in [-0.4, -0.2) is 43.5 Å². The van der Waals surface area contributed by atoms with Crippen molar-refractivity contribution in [3.05, 3.63) is 0 Å². The zero-order chi connectivity index (χ0) is 15.7. The molecule has 2 fully saturated rings. The van der Waals surface area contributed by atoms with Crippen LogP contribution in [0.3, 0.4) is 0 Å². The van der Waals surface area contributed by atoms with E-state index in [1.54, 1.807) is 0 Å². The highest BCUT2D eigenvalue weighted by Crippen LogP contribution is 2.62. The average Bonchev–Trinajstić information content (AvgIpc) is 2.76. The Balaban J connectivity index is 0.000000444. The highest BCUT2D eigenvalue weighted by molar-refractivity contribution is 5.83. The highest BCUT2D eigenvalue weighted by atomic mass is 16.5. The van der Waals surface area contributed by atoms with Crippen LogP contribution in [0.1, 0.15) is 34.6 Å². The van der Waals surface area contributed by atoms with Gasteiger partial charge in [0, 0.05) is 13.1 Å². The first-order valence-corrected chi connectivity index (χ1v) is 7.08. The molecule has 2 rings (SSSR count). The average molecular weight is 284 g/mol. The van der Waals surface area contributed by atoms with Crippen LogP contribution in [-0.2, 0) is 14.3 Å². The first-order valence-electron chi connectivity index (χ1n) is 7.08. The third kappa shape index (κ3) is 3.32. The molecule has 0 radical (unpaired) electrons. The van der Waals surface area contributed by atoms with Gasteiger partial charge in [-0.2, -0.15) is 0 Å². The molecule has 0 bridgehead atoms. The molecule has 116 valence electrons. The van der Waals surface area contributed by atoms with Crippen molar-refractivity contribution in [2.45, 2.75) is 40.7 Å². The summed E-state index contributed by atoms with van der Waals surface area (Å²) in [7, 11) is 1.31. The highest BCUT2D eigenvalue weighted by Gasteiger charge is 2.62. The molecule has 1 saturated heterocycles. The van der Waals surface area contributed by atoms with Crippen molar-refractivity contribution < 1.29 is 14.3 Å². The van der Waals surface area contributed by atoms with Crippen LogP contribution in [0.4, 0.5) is 0 Å². The summed E-state index contributed by atoms with van der Waals surface area (Å²) in [6, 6.07) is -0.367. The third-order valence-corrected chi connectivity index (χ3v) is 4.73. The van der Waals surface area contributed by atoms with E-state index in [0.29, 0.717) is 23.7 Å². The van der Waals surface area contributed by atoms with Crippen molar-refractivity contribution in [2.24, 2.45) is 28.4 Å². The van der Waals surface area contributed by atoms with Crippen LogP contribution in [0.2, 0.25) is 0 Å². The van der Waals surface area contributed by atoms with E-state index < -0.39 is 0 Å². The number of carbonyl (C=O) groups is 2. The minimum absolute atomic E-state index is 0.135. The van der Waals surface area contributed by atoms with Gasteiger partial charge in [-0.25, -0.2) is 0 Å². The number of amides is 1. The Morgan fingerprint density at radius 1 is 1.35 bits per heavy atom. The predicted molar refractivity (Wildman–Crippen MR) is 77.8 cm³/mol. The van der Waals surface area contributed by atoms with Gasteiger partial charge in [-0.05, 0) is 22.7 Å². The molecule has 1 amide bonds. The van der Waals surface area contributed by atoms with Crippen molar-refractivity contribution in [1.82, 2.24) is 4.90 Å². The lowest BCUT2D eigenvalue weighted by Crippen LogP contribution is -2.50. The fourth-order valence-corrected chi connectivity index (χ4v) is 2.88. The molecule has 1 saturated carbocycles.